The molecule has 0 spiro atoms. The summed E-state index contributed by atoms with van der Waals surface area (Å²) < 4.78 is 0. The molecule has 0 bridgehead atoms. The van der Waals surface area contributed by atoms with Gasteiger partial charge in [0.15, 0.2) is 0 Å². The molecule has 0 heterocycles. The highest BCUT2D eigenvalue weighted by molar-refractivity contribution is 6.36. The van der Waals surface area contributed by atoms with Gasteiger partial charge in [-0.2, -0.15) is 0 Å². The summed E-state index contributed by atoms with van der Waals surface area (Å²) in [5, 5.41) is 4.18. The Bertz CT molecular complexity index is 904. The Balaban J connectivity index is 1.85. The van der Waals surface area contributed by atoms with Gasteiger partial charge < -0.3 is 10.2 Å². The van der Waals surface area contributed by atoms with E-state index in [2.05, 4.69) is 5.32 Å². The van der Waals surface area contributed by atoms with E-state index in [9.17, 15) is 9.59 Å². The minimum Gasteiger partial charge on any atom is -0.352 e. The standard InChI is InChI=1S/C26H32Cl2N2O2/c1-3-24(26(32)29-20-8-5-4-6-9-20)30(17-21-22(27)10-7-11-23(21)28)25(31)16-19-14-12-18(2)13-15-19/h7,10-15,20,24H,3-6,8-9,16-17H2,1-2H3,(H,29,32). The molecule has 172 valence electrons. The highest BCUT2D eigenvalue weighted by Crippen LogP contribution is 2.27. The molecule has 1 N–H and O–H groups in total. The van der Waals surface area contributed by atoms with Crippen molar-refractivity contribution >= 4 is 35.0 Å². The molecule has 32 heavy (non-hydrogen) atoms. The third-order valence-electron chi connectivity index (χ3n) is 6.20. The highest BCUT2D eigenvalue weighted by atomic mass is 35.5. The quantitative estimate of drug-likeness (QED) is 0.502. The maximum Gasteiger partial charge on any atom is 0.243 e. The highest BCUT2D eigenvalue weighted by Gasteiger charge is 2.31. The average Bonchev–Trinajstić information content (AvgIpc) is 2.77. The van der Waals surface area contributed by atoms with Crippen LogP contribution in [0.2, 0.25) is 10.0 Å². The SMILES string of the molecule is CCC(C(=O)NC1CCCCC1)N(Cc1c(Cl)cccc1Cl)C(=O)Cc1ccc(C)cc1. The summed E-state index contributed by atoms with van der Waals surface area (Å²) in [5.41, 5.74) is 2.72. The zero-order valence-electron chi connectivity index (χ0n) is 18.9. The summed E-state index contributed by atoms with van der Waals surface area (Å²) in [6, 6.07) is 12.8. The Morgan fingerprint density at radius 3 is 2.25 bits per heavy atom. The summed E-state index contributed by atoms with van der Waals surface area (Å²) in [5.74, 6) is -0.213. The molecule has 0 radical (unpaired) electrons. The first-order valence-corrected chi connectivity index (χ1v) is 12.2. The van der Waals surface area contributed by atoms with Crippen LogP contribution in [-0.4, -0.2) is 28.8 Å². The largest absolute Gasteiger partial charge is 0.352 e. The second-order valence-corrected chi connectivity index (χ2v) is 9.47. The van der Waals surface area contributed by atoms with Crippen molar-refractivity contribution in [1.29, 1.82) is 0 Å². The number of benzene rings is 2. The summed E-state index contributed by atoms with van der Waals surface area (Å²) in [7, 11) is 0. The van der Waals surface area contributed by atoms with Crippen LogP contribution >= 0.6 is 23.2 Å². The molecule has 1 fully saturated rings. The number of halogens is 2. The van der Waals surface area contributed by atoms with E-state index in [-0.39, 0.29) is 30.8 Å². The van der Waals surface area contributed by atoms with Gasteiger partial charge in [-0.1, -0.05) is 85.3 Å². The van der Waals surface area contributed by atoms with Gasteiger partial charge in [-0.05, 0) is 43.9 Å². The van der Waals surface area contributed by atoms with Crippen molar-refractivity contribution < 1.29 is 9.59 Å². The Morgan fingerprint density at radius 2 is 1.66 bits per heavy atom. The number of rotatable bonds is 8. The Labute approximate surface area is 201 Å². The first-order chi connectivity index (χ1) is 15.4. The van der Waals surface area contributed by atoms with E-state index in [4.69, 9.17) is 23.2 Å². The molecule has 1 aliphatic carbocycles. The molecule has 1 aliphatic rings. The molecule has 0 aromatic heterocycles. The van der Waals surface area contributed by atoms with Crippen molar-refractivity contribution in [2.75, 3.05) is 0 Å². The fourth-order valence-electron chi connectivity index (χ4n) is 4.30. The van der Waals surface area contributed by atoms with Gasteiger partial charge in [0, 0.05) is 28.2 Å². The molecule has 0 aliphatic heterocycles. The zero-order valence-corrected chi connectivity index (χ0v) is 20.4. The lowest BCUT2D eigenvalue weighted by atomic mass is 9.95. The van der Waals surface area contributed by atoms with Crippen molar-refractivity contribution in [3.63, 3.8) is 0 Å². The van der Waals surface area contributed by atoms with E-state index in [0.29, 0.717) is 22.0 Å². The molecule has 1 unspecified atom stereocenters. The van der Waals surface area contributed by atoms with Crippen LogP contribution in [0.4, 0.5) is 0 Å². The topological polar surface area (TPSA) is 49.4 Å². The lowest BCUT2D eigenvalue weighted by Gasteiger charge is -2.33. The number of hydrogen-bond donors (Lipinski definition) is 1. The number of aryl methyl sites for hydroxylation is 1. The predicted octanol–water partition coefficient (Wildman–Crippen LogP) is 6.10. The monoisotopic (exact) mass is 474 g/mol. The Kier molecular flexibility index (Phi) is 9.01. The van der Waals surface area contributed by atoms with Crippen LogP contribution in [0.15, 0.2) is 42.5 Å². The van der Waals surface area contributed by atoms with Gasteiger partial charge in [-0.15, -0.1) is 0 Å². The summed E-state index contributed by atoms with van der Waals surface area (Å²) in [6.07, 6.45) is 6.21. The van der Waals surface area contributed by atoms with Crippen molar-refractivity contribution in [2.24, 2.45) is 0 Å². The number of nitrogens with zero attached hydrogens (tertiary/aromatic N) is 1. The van der Waals surface area contributed by atoms with Crippen molar-refractivity contribution in [1.82, 2.24) is 10.2 Å². The van der Waals surface area contributed by atoms with Gasteiger partial charge >= 0.3 is 0 Å². The fraction of sp³-hybridized carbons (Fsp3) is 0.462. The number of nitrogens with one attached hydrogen (secondary N) is 1. The van der Waals surface area contributed by atoms with E-state index in [1.54, 1.807) is 23.1 Å². The molecule has 1 saturated carbocycles. The number of carbonyl (C=O) groups is 2. The first-order valence-electron chi connectivity index (χ1n) is 11.5. The second kappa shape index (κ2) is 11.7. The van der Waals surface area contributed by atoms with Crippen LogP contribution in [0, 0.1) is 6.92 Å². The summed E-state index contributed by atoms with van der Waals surface area (Å²) in [6.45, 7) is 4.14. The normalized spacial score (nSPS) is 15.2. The summed E-state index contributed by atoms with van der Waals surface area (Å²) in [4.78, 5) is 28.4. The van der Waals surface area contributed by atoms with E-state index in [1.807, 2.05) is 38.1 Å². The minimum atomic E-state index is -0.581. The number of amides is 2. The fourth-order valence-corrected chi connectivity index (χ4v) is 4.82. The van der Waals surface area contributed by atoms with E-state index in [1.165, 1.54) is 6.42 Å². The van der Waals surface area contributed by atoms with Gasteiger partial charge in [0.1, 0.15) is 6.04 Å². The maximum atomic E-state index is 13.5. The van der Waals surface area contributed by atoms with Gasteiger partial charge in [0.2, 0.25) is 11.8 Å². The third kappa shape index (κ3) is 6.49. The molecule has 2 aromatic rings. The third-order valence-corrected chi connectivity index (χ3v) is 6.91. The zero-order chi connectivity index (χ0) is 23.1. The lowest BCUT2D eigenvalue weighted by Crippen LogP contribution is -2.52. The smallest absolute Gasteiger partial charge is 0.243 e. The predicted molar refractivity (Wildman–Crippen MR) is 131 cm³/mol. The Morgan fingerprint density at radius 1 is 1.03 bits per heavy atom. The van der Waals surface area contributed by atoms with Crippen molar-refractivity contribution in [3.05, 3.63) is 69.2 Å². The van der Waals surface area contributed by atoms with Crippen LogP contribution in [0.5, 0.6) is 0 Å². The molecule has 1 atom stereocenters. The number of carbonyl (C=O) groups excluding carboxylic acids is 2. The van der Waals surface area contributed by atoms with Crippen LogP contribution in [-0.2, 0) is 22.6 Å². The van der Waals surface area contributed by atoms with Crippen molar-refractivity contribution in [3.8, 4) is 0 Å². The first kappa shape index (κ1) is 24.6. The average molecular weight is 475 g/mol. The van der Waals surface area contributed by atoms with E-state index in [0.717, 1.165) is 36.8 Å². The summed E-state index contributed by atoms with van der Waals surface area (Å²) >= 11 is 12.8. The molecular formula is C26H32Cl2N2O2. The minimum absolute atomic E-state index is 0.0974. The maximum absolute atomic E-state index is 13.5. The molecule has 0 saturated heterocycles. The lowest BCUT2D eigenvalue weighted by molar-refractivity contribution is -0.141. The van der Waals surface area contributed by atoms with Crippen LogP contribution in [0.1, 0.15) is 62.1 Å². The van der Waals surface area contributed by atoms with Crippen LogP contribution in [0.25, 0.3) is 0 Å². The van der Waals surface area contributed by atoms with E-state index < -0.39 is 6.04 Å². The van der Waals surface area contributed by atoms with Gasteiger partial charge in [-0.3, -0.25) is 9.59 Å². The molecule has 4 nitrogen and oxygen atoms in total. The van der Waals surface area contributed by atoms with Crippen LogP contribution in [0.3, 0.4) is 0 Å². The van der Waals surface area contributed by atoms with E-state index >= 15 is 0 Å². The van der Waals surface area contributed by atoms with Gasteiger partial charge in [0.25, 0.3) is 0 Å². The second-order valence-electron chi connectivity index (χ2n) is 8.65. The molecule has 2 amide bonds. The number of hydrogen-bond acceptors (Lipinski definition) is 2. The van der Waals surface area contributed by atoms with Gasteiger partial charge in [-0.25, -0.2) is 0 Å². The van der Waals surface area contributed by atoms with Crippen LogP contribution < -0.4 is 5.32 Å². The molecule has 2 aromatic carbocycles. The molecule has 3 rings (SSSR count). The molecule has 6 heteroatoms. The molecular weight excluding hydrogens is 443 g/mol. The van der Waals surface area contributed by atoms with Crippen molar-refractivity contribution in [2.45, 2.75) is 77.4 Å². The van der Waals surface area contributed by atoms with Gasteiger partial charge in [0.05, 0.1) is 6.42 Å². The Hall–Kier alpha value is -2.04.